The standard InChI is InChI=1S/C14H19NO3/c1-10-5-6-12(13(16)8-10)15-14(17)9-11-4-2-3-7-18-11/h5-6,8,11,16H,2-4,7,9H2,1H3,(H,15,17). The third kappa shape index (κ3) is 3.47. The molecule has 0 aliphatic carbocycles. The van der Waals surface area contributed by atoms with Gasteiger partial charge in [-0.2, -0.15) is 0 Å². The molecular weight excluding hydrogens is 230 g/mol. The number of benzene rings is 1. The zero-order valence-electron chi connectivity index (χ0n) is 10.6. The molecule has 2 N–H and O–H groups in total. The van der Waals surface area contributed by atoms with E-state index < -0.39 is 0 Å². The Morgan fingerprint density at radius 2 is 2.33 bits per heavy atom. The lowest BCUT2D eigenvalue weighted by Crippen LogP contribution is -2.25. The molecule has 0 radical (unpaired) electrons. The number of hydrogen-bond donors (Lipinski definition) is 2. The third-order valence-electron chi connectivity index (χ3n) is 3.11. The first kappa shape index (κ1) is 12.9. The van der Waals surface area contributed by atoms with Gasteiger partial charge >= 0.3 is 0 Å². The largest absolute Gasteiger partial charge is 0.506 e. The molecule has 4 heteroatoms. The molecule has 1 fully saturated rings. The summed E-state index contributed by atoms with van der Waals surface area (Å²) in [5.74, 6) is -0.00559. The maximum absolute atomic E-state index is 11.8. The van der Waals surface area contributed by atoms with Crippen molar-refractivity contribution in [1.82, 2.24) is 0 Å². The molecule has 0 aromatic heterocycles. The van der Waals surface area contributed by atoms with E-state index >= 15 is 0 Å². The molecule has 2 rings (SSSR count). The number of phenols is 1. The highest BCUT2D eigenvalue weighted by Crippen LogP contribution is 2.24. The fraction of sp³-hybridized carbons (Fsp3) is 0.500. The third-order valence-corrected chi connectivity index (χ3v) is 3.11. The zero-order chi connectivity index (χ0) is 13.0. The van der Waals surface area contributed by atoms with E-state index in [4.69, 9.17) is 4.74 Å². The molecule has 1 aliphatic rings. The molecule has 1 atom stereocenters. The number of carbonyl (C=O) groups is 1. The second-order valence-electron chi connectivity index (χ2n) is 4.76. The van der Waals surface area contributed by atoms with Gasteiger partial charge in [0.15, 0.2) is 0 Å². The fourth-order valence-corrected chi connectivity index (χ4v) is 2.12. The molecule has 1 aliphatic heterocycles. The number of amides is 1. The summed E-state index contributed by atoms with van der Waals surface area (Å²) in [4.78, 5) is 11.8. The summed E-state index contributed by atoms with van der Waals surface area (Å²) < 4.78 is 5.51. The molecule has 1 saturated heterocycles. The summed E-state index contributed by atoms with van der Waals surface area (Å²) >= 11 is 0. The molecule has 0 bridgehead atoms. The van der Waals surface area contributed by atoms with Crippen molar-refractivity contribution in [3.63, 3.8) is 0 Å². The molecule has 1 unspecified atom stereocenters. The van der Waals surface area contributed by atoms with Gasteiger partial charge < -0.3 is 15.2 Å². The molecule has 1 amide bonds. The van der Waals surface area contributed by atoms with Gasteiger partial charge in [0.25, 0.3) is 0 Å². The van der Waals surface area contributed by atoms with Gasteiger partial charge in [-0.1, -0.05) is 6.07 Å². The van der Waals surface area contributed by atoms with E-state index in [-0.39, 0.29) is 17.8 Å². The lowest BCUT2D eigenvalue weighted by atomic mass is 10.1. The molecule has 0 spiro atoms. The minimum absolute atomic E-state index is 0.0198. The van der Waals surface area contributed by atoms with E-state index in [2.05, 4.69) is 5.32 Å². The second-order valence-corrected chi connectivity index (χ2v) is 4.76. The SMILES string of the molecule is Cc1ccc(NC(=O)CC2CCCCO2)c(O)c1. The smallest absolute Gasteiger partial charge is 0.227 e. The van der Waals surface area contributed by atoms with Gasteiger partial charge in [0.05, 0.1) is 18.2 Å². The first-order valence-electron chi connectivity index (χ1n) is 6.36. The number of anilines is 1. The highest BCUT2D eigenvalue weighted by atomic mass is 16.5. The number of rotatable bonds is 3. The summed E-state index contributed by atoms with van der Waals surface area (Å²) in [5, 5.41) is 12.4. The average Bonchev–Trinajstić information content (AvgIpc) is 2.34. The van der Waals surface area contributed by atoms with Crippen molar-refractivity contribution < 1.29 is 14.6 Å². The Balaban J connectivity index is 1.90. The summed E-state index contributed by atoms with van der Waals surface area (Å²) in [6, 6.07) is 5.20. The van der Waals surface area contributed by atoms with Gasteiger partial charge in [-0.3, -0.25) is 4.79 Å². The van der Waals surface area contributed by atoms with Crippen LogP contribution in [0, 0.1) is 6.92 Å². The van der Waals surface area contributed by atoms with E-state index in [0.717, 1.165) is 31.4 Å². The van der Waals surface area contributed by atoms with Gasteiger partial charge in [-0.25, -0.2) is 0 Å². The van der Waals surface area contributed by atoms with E-state index in [9.17, 15) is 9.90 Å². The summed E-state index contributed by atoms with van der Waals surface area (Å²) in [5.41, 5.74) is 1.42. The predicted octanol–water partition coefficient (Wildman–Crippen LogP) is 2.60. The van der Waals surface area contributed by atoms with Crippen LogP contribution in [0.5, 0.6) is 5.75 Å². The summed E-state index contributed by atoms with van der Waals surface area (Å²) in [6.07, 6.45) is 3.51. The van der Waals surface area contributed by atoms with Crippen molar-refractivity contribution in [1.29, 1.82) is 0 Å². The topological polar surface area (TPSA) is 58.6 Å². The first-order valence-corrected chi connectivity index (χ1v) is 6.36. The molecular formula is C14H19NO3. The lowest BCUT2D eigenvalue weighted by molar-refractivity contribution is -0.119. The molecule has 1 heterocycles. The van der Waals surface area contributed by atoms with Crippen LogP contribution >= 0.6 is 0 Å². The average molecular weight is 249 g/mol. The highest BCUT2D eigenvalue weighted by Gasteiger charge is 2.18. The van der Waals surface area contributed by atoms with Crippen LogP contribution in [0.3, 0.4) is 0 Å². The van der Waals surface area contributed by atoms with Crippen molar-refractivity contribution in [2.75, 3.05) is 11.9 Å². The monoisotopic (exact) mass is 249 g/mol. The van der Waals surface area contributed by atoms with Crippen LogP contribution in [0.25, 0.3) is 0 Å². The molecule has 18 heavy (non-hydrogen) atoms. The fourth-order valence-electron chi connectivity index (χ4n) is 2.12. The van der Waals surface area contributed by atoms with Gasteiger partial charge in [-0.05, 0) is 43.9 Å². The quantitative estimate of drug-likeness (QED) is 0.809. The zero-order valence-corrected chi connectivity index (χ0v) is 10.6. The predicted molar refractivity (Wildman–Crippen MR) is 69.7 cm³/mol. The van der Waals surface area contributed by atoms with Crippen molar-refractivity contribution in [3.05, 3.63) is 23.8 Å². The van der Waals surface area contributed by atoms with E-state index in [1.807, 2.05) is 13.0 Å². The first-order chi connectivity index (χ1) is 8.65. The van der Waals surface area contributed by atoms with Crippen LogP contribution in [0.2, 0.25) is 0 Å². The van der Waals surface area contributed by atoms with Crippen LogP contribution in [0.1, 0.15) is 31.2 Å². The number of carbonyl (C=O) groups excluding carboxylic acids is 1. The van der Waals surface area contributed by atoms with Crippen LogP contribution in [0.15, 0.2) is 18.2 Å². The maximum atomic E-state index is 11.8. The van der Waals surface area contributed by atoms with Crippen LogP contribution in [0.4, 0.5) is 5.69 Å². The molecule has 4 nitrogen and oxygen atoms in total. The van der Waals surface area contributed by atoms with Gasteiger partial charge in [0.1, 0.15) is 5.75 Å². The minimum atomic E-state index is -0.110. The maximum Gasteiger partial charge on any atom is 0.227 e. The summed E-state index contributed by atoms with van der Waals surface area (Å²) in [7, 11) is 0. The van der Waals surface area contributed by atoms with Crippen LogP contribution < -0.4 is 5.32 Å². The Labute approximate surface area is 107 Å². The van der Waals surface area contributed by atoms with Crippen molar-refractivity contribution in [3.8, 4) is 5.75 Å². The highest BCUT2D eigenvalue weighted by molar-refractivity contribution is 5.92. The number of ether oxygens (including phenoxy) is 1. The number of aromatic hydroxyl groups is 1. The van der Waals surface area contributed by atoms with E-state index in [0.29, 0.717) is 12.1 Å². The second kappa shape index (κ2) is 5.87. The van der Waals surface area contributed by atoms with Crippen LogP contribution in [-0.2, 0) is 9.53 Å². The Morgan fingerprint density at radius 3 is 3.00 bits per heavy atom. The number of phenolic OH excluding ortho intramolecular Hbond substituents is 1. The number of hydrogen-bond acceptors (Lipinski definition) is 3. The lowest BCUT2D eigenvalue weighted by Gasteiger charge is -2.22. The van der Waals surface area contributed by atoms with Crippen LogP contribution in [-0.4, -0.2) is 23.7 Å². The van der Waals surface area contributed by atoms with Crippen molar-refractivity contribution >= 4 is 11.6 Å². The van der Waals surface area contributed by atoms with E-state index in [1.165, 1.54) is 0 Å². The molecule has 1 aromatic rings. The molecule has 0 saturated carbocycles. The Bertz CT molecular complexity index is 425. The number of nitrogens with one attached hydrogen (secondary N) is 1. The Morgan fingerprint density at radius 1 is 1.50 bits per heavy atom. The van der Waals surface area contributed by atoms with E-state index in [1.54, 1.807) is 12.1 Å². The Kier molecular flexibility index (Phi) is 4.20. The normalized spacial score (nSPS) is 19.5. The molecule has 1 aromatic carbocycles. The number of aryl methyl sites for hydroxylation is 1. The van der Waals surface area contributed by atoms with Gasteiger partial charge in [-0.15, -0.1) is 0 Å². The minimum Gasteiger partial charge on any atom is -0.506 e. The Hall–Kier alpha value is -1.55. The van der Waals surface area contributed by atoms with Gasteiger partial charge in [0.2, 0.25) is 5.91 Å². The van der Waals surface area contributed by atoms with Crippen molar-refractivity contribution in [2.45, 2.75) is 38.7 Å². The summed E-state index contributed by atoms with van der Waals surface area (Å²) in [6.45, 7) is 2.63. The van der Waals surface area contributed by atoms with Gasteiger partial charge in [0, 0.05) is 6.61 Å². The molecule has 98 valence electrons. The van der Waals surface area contributed by atoms with Crippen molar-refractivity contribution in [2.24, 2.45) is 0 Å².